The zero-order chi connectivity index (χ0) is 27.7. The zero-order valence-corrected chi connectivity index (χ0v) is 23.0. The van der Waals surface area contributed by atoms with E-state index in [0.29, 0.717) is 53.0 Å². The summed E-state index contributed by atoms with van der Waals surface area (Å²) in [5, 5.41) is 4.03. The van der Waals surface area contributed by atoms with Crippen LogP contribution in [0.4, 0.5) is 11.4 Å². The maximum atomic E-state index is 12.8. The Morgan fingerprint density at radius 3 is 2.11 bits per heavy atom. The maximum Gasteiger partial charge on any atom is 0.255 e. The van der Waals surface area contributed by atoms with Gasteiger partial charge in [0, 0.05) is 50.6 Å². The van der Waals surface area contributed by atoms with E-state index < -0.39 is 10.0 Å². The fourth-order valence-corrected chi connectivity index (χ4v) is 4.61. The predicted octanol–water partition coefficient (Wildman–Crippen LogP) is 2.83. The number of piperazine rings is 1. The molecule has 206 valence electrons. The number of amides is 1. The Bertz CT molecular complexity index is 1260. The molecule has 2 aromatic carbocycles. The van der Waals surface area contributed by atoms with Gasteiger partial charge in [0.25, 0.3) is 10.0 Å². The van der Waals surface area contributed by atoms with Crippen molar-refractivity contribution in [3.05, 3.63) is 53.6 Å². The summed E-state index contributed by atoms with van der Waals surface area (Å²) in [5.74, 6) is 1.67. The molecule has 11 nitrogen and oxygen atoms in total. The van der Waals surface area contributed by atoms with Crippen LogP contribution in [0.1, 0.15) is 5.56 Å². The van der Waals surface area contributed by atoms with Gasteiger partial charge in [0.15, 0.2) is 0 Å². The lowest BCUT2D eigenvalue weighted by Crippen LogP contribution is -2.46. The van der Waals surface area contributed by atoms with E-state index >= 15 is 0 Å². The van der Waals surface area contributed by atoms with E-state index in [1.807, 2.05) is 7.05 Å². The molecule has 38 heavy (non-hydrogen) atoms. The molecule has 2 N–H and O–H groups in total. The molecular formula is C26H34N4O7S. The molecule has 1 saturated heterocycles. The molecule has 0 atom stereocenters. The Hall–Kier alpha value is -3.90. The van der Waals surface area contributed by atoms with Crippen molar-refractivity contribution in [1.82, 2.24) is 9.80 Å². The smallest absolute Gasteiger partial charge is 0.255 e. The lowest BCUT2D eigenvalue weighted by atomic mass is 10.1. The number of rotatable bonds is 11. The molecule has 0 aliphatic carbocycles. The van der Waals surface area contributed by atoms with E-state index in [4.69, 9.17) is 18.9 Å². The molecule has 0 bridgehead atoms. The van der Waals surface area contributed by atoms with Crippen LogP contribution < -0.4 is 29.0 Å². The van der Waals surface area contributed by atoms with E-state index in [1.54, 1.807) is 35.2 Å². The van der Waals surface area contributed by atoms with Crippen molar-refractivity contribution >= 4 is 33.4 Å². The highest BCUT2D eigenvalue weighted by Crippen LogP contribution is 2.35. The fraction of sp³-hybridized carbons (Fsp3) is 0.346. The lowest BCUT2D eigenvalue weighted by molar-refractivity contribution is -0.127. The molecule has 0 spiro atoms. The van der Waals surface area contributed by atoms with Gasteiger partial charge in [-0.3, -0.25) is 9.52 Å². The second-order valence-electron chi connectivity index (χ2n) is 8.42. The highest BCUT2D eigenvalue weighted by Gasteiger charge is 2.17. The van der Waals surface area contributed by atoms with Crippen LogP contribution in [0.25, 0.3) is 6.08 Å². The van der Waals surface area contributed by atoms with E-state index in [2.05, 4.69) is 14.9 Å². The molecule has 1 fully saturated rings. The third-order valence-electron chi connectivity index (χ3n) is 5.91. The van der Waals surface area contributed by atoms with Crippen LogP contribution in [-0.2, 0) is 14.8 Å². The monoisotopic (exact) mass is 546 g/mol. The third kappa shape index (κ3) is 7.56. The van der Waals surface area contributed by atoms with Gasteiger partial charge in [0.2, 0.25) is 5.91 Å². The van der Waals surface area contributed by atoms with Crippen LogP contribution in [0.2, 0.25) is 0 Å². The zero-order valence-electron chi connectivity index (χ0n) is 22.2. The van der Waals surface area contributed by atoms with Crippen molar-refractivity contribution in [2.45, 2.75) is 0 Å². The first kappa shape index (κ1) is 28.7. The first-order valence-corrected chi connectivity index (χ1v) is 13.3. The summed E-state index contributed by atoms with van der Waals surface area (Å²) in [6, 6.07) is 8.03. The molecule has 1 heterocycles. The molecule has 0 radical (unpaired) electrons. The number of hydrogen-bond donors (Lipinski definition) is 2. The SMILES string of the molecule is COc1cc(OC)c(C=CS(=O)(=O)Nc2ccc(OC)c(NC=CC(=O)N3CCN(C)CC3)c2)c(OC)c1. The Morgan fingerprint density at radius 2 is 1.53 bits per heavy atom. The largest absolute Gasteiger partial charge is 0.496 e. The second-order valence-corrected chi connectivity index (χ2v) is 9.98. The average Bonchev–Trinajstić information content (AvgIpc) is 2.91. The van der Waals surface area contributed by atoms with Crippen molar-refractivity contribution in [2.75, 3.05) is 71.7 Å². The molecule has 2 aromatic rings. The molecule has 3 rings (SSSR count). The molecule has 12 heteroatoms. The Morgan fingerprint density at radius 1 is 0.895 bits per heavy atom. The van der Waals surface area contributed by atoms with Crippen molar-refractivity contribution in [3.8, 4) is 23.0 Å². The van der Waals surface area contributed by atoms with Crippen molar-refractivity contribution < 1.29 is 32.2 Å². The molecule has 0 unspecified atom stereocenters. The number of nitrogens with one attached hydrogen (secondary N) is 2. The summed E-state index contributed by atoms with van der Waals surface area (Å²) in [7, 11) is 4.06. The van der Waals surface area contributed by atoms with Gasteiger partial charge in [-0.05, 0) is 31.3 Å². The highest BCUT2D eigenvalue weighted by molar-refractivity contribution is 7.95. The summed E-state index contributed by atoms with van der Waals surface area (Å²) in [5.41, 5.74) is 1.22. The van der Waals surface area contributed by atoms with E-state index in [0.717, 1.165) is 18.5 Å². The van der Waals surface area contributed by atoms with Gasteiger partial charge in [-0.25, -0.2) is 8.42 Å². The average molecular weight is 547 g/mol. The van der Waals surface area contributed by atoms with Gasteiger partial charge in [0.05, 0.1) is 50.8 Å². The van der Waals surface area contributed by atoms with Crippen LogP contribution in [0.3, 0.4) is 0 Å². The van der Waals surface area contributed by atoms with E-state index in [1.165, 1.54) is 46.8 Å². The van der Waals surface area contributed by atoms with Gasteiger partial charge in [-0.15, -0.1) is 0 Å². The number of benzene rings is 2. The molecular weight excluding hydrogens is 512 g/mol. The summed E-state index contributed by atoms with van der Waals surface area (Å²) >= 11 is 0. The fourth-order valence-electron chi connectivity index (χ4n) is 3.77. The van der Waals surface area contributed by atoms with Crippen LogP contribution in [-0.4, -0.2) is 85.8 Å². The standard InChI is InChI=1S/C26H34N4O7S/c1-29-11-13-30(14-12-29)26(31)8-10-27-22-16-19(6-7-23(22)35-3)28-38(32,33)15-9-21-24(36-4)17-20(34-2)18-25(21)37-5/h6-10,15-18,27-28H,11-14H2,1-5H3. The van der Waals surface area contributed by atoms with Crippen LogP contribution in [0.15, 0.2) is 48.0 Å². The molecule has 1 amide bonds. The van der Waals surface area contributed by atoms with Gasteiger partial charge in [0.1, 0.15) is 23.0 Å². The number of nitrogens with zero attached hydrogens (tertiary/aromatic N) is 2. The van der Waals surface area contributed by atoms with Gasteiger partial charge >= 0.3 is 0 Å². The summed E-state index contributed by atoms with van der Waals surface area (Å²) < 4.78 is 49.5. The van der Waals surface area contributed by atoms with Gasteiger partial charge in [-0.2, -0.15) is 0 Å². The number of hydrogen-bond acceptors (Lipinski definition) is 9. The number of methoxy groups -OCH3 is 4. The van der Waals surface area contributed by atoms with Crippen LogP contribution >= 0.6 is 0 Å². The first-order valence-electron chi connectivity index (χ1n) is 11.8. The predicted molar refractivity (Wildman–Crippen MR) is 148 cm³/mol. The number of likely N-dealkylation sites (N-methyl/N-ethyl adjacent to an activating group) is 1. The molecule has 1 aliphatic heterocycles. The lowest BCUT2D eigenvalue weighted by Gasteiger charge is -2.31. The minimum atomic E-state index is -3.91. The summed E-state index contributed by atoms with van der Waals surface area (Å²) in [6.07, 6.45) is 4.34. The first-order chi connectivity index (χ1) is 18.2. The topological polar surface area (TPSA) is 119 Å². The Labute approximate surface area is 223 Å². The number of ether oxygens (including phenoxy) is 4. The number of sulfonamides is 1. The second kappa shape index (κ2) is 13.1. The highest BCUT2D eigenvalue weighted by atomic mass is 32.2. The number of anilines is 2. The normalized spacial score (nSPS) is 14.5. The third-order valence-corrected chi connectivity index (χ3v) is 6.92. The number of carbonyl (C=O) groups is 1. The van der Waals surface area contributed by atoms with Crippen LogP contribution in [0, 0.1) is 0 Å². The Balaban J connectivity index is 1.74. The summed E-state index contributed by atoms with van der Waals surface area (Å²) in [6.45, 7) is 3.00. The van der Waals surface area contributed by atoms with Gasteiger partial charge < -0.3 is 34.1 Å². The summed E-state index contributed by atoms with van der Waals surface area (Å²) in [4.78, 5) is 16.4. The minimum absolute atomic E-state index is 0.101. The molecule has 1 aliphatic rings. The molecule has 0 saturated carbocycles. The Kier molecular flexibility index (Phi) is 9.85. The quantitative estimate of drug-likeness (QED) is 0.410. The molecule has 0 aromatic heterocycles. The van der Waals surface area contributed by atoms with Crippen molar-refractivity contribution in [1.29, 1.82) is 0 Å². The van der Waals surface area contributed by atoms with E-state index in [-0.39, 0.29) is 5.91 Å². The van der Waals surface area contributed by atoms with Crippen LogP contribution in [0.5, 0.6) is 23.0 Å². The number of carbonyl (C=O) groups excluding carboxylic acids is 1. The van der Waals surface area contributed by atoms with E-state index in [9.17, 15) is 13.2 Å². The van der Waals surface area contributed by atoms with Gasteiger partial charge in [-0.1, -0.05) is 0 Å². The maximum absolute atomic E-state index is 12.8. The van der Waals surface area contributed by atoms with Crippen molar-refractivity contribution in [3.63, 3.8) is 0 Å². The minimum Gasteiger partial charge on any atom is -0.496 e. The van der Waals surface area contributed by atoms with Crippen molar-refractivity contribution in [2.24, 2.45) is 0 Å².